The summed E-state index contributed by atoms with van der Waals surface area (Å²) in [6.07, 6.45) is 5.37. The van der Waals surface area contributed by atoms with E-state index in [0.29, 0.717) is 5.82 Å². The molecule has 0 amide bonds. The molecule has 5 heteroatoms. The highest BCUT2D eigenvalue weighted by Gasteiger charge is 2.22. The highest BCUT2D eigenvalue weighted by molar-refractivity contribution is 6.30. The van der Waals surface area contributed by atoms with Crippen molar-refractivity contribution < 1.29 is 4.42 Å². The van der Waals surface area contributed by atoms with Gasteiger partial charge in [-0.15, -0.1) is 0 Å². The van der Waals surface area contributed by atoms with Gasteiger partial charge in [-0.1, -0.05) is 110 Å². The largest absolute Gasteiger partial charge is 0.443 e. The van der Waals surface area contributed by atoms with Gasteiger partial charge in [0.1, 0.15) is 5.52 Å². The standard InChI is InChI=1S/C45H28N4O/c1-3-28(45-47-37-18-9-7-16-33(37)42(48-45)32-15-11-14-31(23-32)29-12-5-4-6-13-29)22-27(2)30-20-21-40-35(24-30)36-25-38-44(50-26-46-38)41-34-17-8-10-19-39(34)49(40)43(36)41/h3-26H,1-2H2/b28-22+. The summed E-state index contributed by atoms with van der Waals surface area (Å²) in [4.78, 5) is 14.7. The van der Waals surface area contributed by atoms with Gasteiger partial charge >= 0.3 is 0 Å². The number of benzene rings is 6. The molecule has 0 radical (unpaired) electrons. The average Bonchev–Trinajstić information content (AvgIpc) is 3.88. The van der Waals surface area contributed by atoms with Crippen LogP contribution in [-0.4, -0.2) is 19.4 Å². The Bertz CT molecular complexity index is 3020. The first-order valence-corrected chi connectivity index (χ1v) is 16.6. The fraction of sp³-hybridized carbons (Fsp3) is 0. The molecule has 4 aromatic heterocycles. The van der Waals surface area contributed by atoms with Crippen molar-refractivity contribution in [3.05, 3.63) is 170 Å². The van der Waals surface area contributed by atoms with Gasteiger partial charge in [-0.3, -0.25) is 0 Å². The predicted molar refractivity (Wildman–Crippen MR) is 206 cm³/mol. The topological polar surface area (TPSA) is 56.2 Å². The van der Waals surface area contributed by atoms with E-state index in [0.717, 1.165) is 99.2 Å². The quantitative estimate of drug-likeness (QED) is 0.170. The summed E-state index contributed by atoms with van der Waals surface area (Å²) < 4.78 is 8.26. The second-order valence-corrected chi connectivity index (χ2v) is 12.6. The number of oxazole rings is 1. The van der Waals surface area contributed by atoms with Crippen LogP contribution in [0.4, 0.5) is 0 Å². The third-order valence-electron chi connectivity index (χ3n) is 9.79. The van der Waals surface area contributed by atoms with Gasteiger partial charge in [0.25, 0.3) is 0 Å². The maximum atomic E-state index is 5.92. The maximum absolute atomic E-state index is 5.92. The number of para-hydroxylation sites is 2. The Morgan fingerprint density at radius 1 is 0.640 bits per heavy atom. The van der Waals surface area contributed by atoms with Gasteiger partial charge in [0.05, 0.1) is 33.1 Å². The lowest BCUT2D eigenvalue weighted by atomic mass is 9.99. The van der Waals surface area contributed by atoms with Crippen LogP contribution >= 0.6 is 0 Å². The van der Waals surface area contributed by atoms with E-state index in [-0.39, 0.29) is 0 Å². The first kappa shape index (κ1) is 28.2. The van der Waals surface area contributed by atoms with Gasteiger partial charge in [0, 0.05) is 32.7 Å². The predicted octanol–water partition coefficient (Wildman–Crippen LogP) is 11.5. The molecule has 0 spiro atoms. The molecule has 0 aliphatic rings. The van der Waals surface area contributed by atoms with E-state index in [1.807, 2.05) is 36.4 Å². The molecule has 0 N–H and O–H groups in total. The minimum absolute atomic E-state index is 0.599. The highest BCUT2D eigenvalue weighted by Crippen LogP contribution is 2.43. The molecule has 0 saturated heterocycles. The molecule has 10 aromatic rings. The fourth-order valence-electron chi connectivity index (χ4n) is 7.46. The van der Waals surface area contributed by atoms with Crippen LogP contribution in [0.25, 0.3) is 93.6 Å². The van der Waals surface area contributed by atoms with Crippen LogP contribution in [0, 0.1) is 0 Å². The van der Waals surface area contributed by atoms with Gasteiger partial charge in [-0.2, -0.15) is 0 Å². The van der Waals surface area contributed by atoms with Gasteiger partial charge < -0.3 is 8.82 Å². The molecular weight excluding hydrogens is 613 g/mol. The molecule has 0 aliphatic carbocycles. The smallest absolute Gasteiger partial charge is 0.182 e. The molecule has 0 unspecified atom stereocenters. The van der Waals surface area contributed by atoms with Crippen LogP contribution in [0.15, 0.2) is 164 Å². The van der Waals surface area contributed by atoms with Crippen LogP contribution in [-0.2, 0) is 0 Å². The minimum Gasteiger partial charge on any atom is -0.443 e. The summed E-state index contributed by atoms with van der Waals surface area (Å²) in [6.45, 7) is 8.68. The van der Waals surface area contributed by atoms with E-state index in [1.54, 1.807) is 0 Å². The number of aromatic nitrogens is 4. The fourth-order valence-corrected chi connectivity index (χ4v) is 7.46. The molecule has 0 saturated carbocycles. The summed E-state index contributed by atoms with van der Waals surface area (Å²) in [7, 11) is 0. The van der Waals surface area contributed by atoms with Crippen molar-refractivity contribution in [1.29, 1.82) is 0 Å². The Kier molecular flexibility index (Phi) is 6.11. The van der Waals surface area contributed by atoms with Gasteiger partial charge in [0.2, 0.25) is 0 Å². The van der Waals surface area contributed by atoms with E-state index in [2.05, 4.69) is 126 Å². The zero-order valence-corrected chi connectivity index (χ0v) is 27.0. The van der Waals surface area contributed by atoms with Crippen LogP contribution in [0.2, 0.25) is 0 Å². The van der Waals surface area contributed by atoms with E-state index in [9.17, 15) is 0 Å². The molecule has 10 rings (SSSR count). The lowest BCUT2D eigenvalue weighted by Gasteiger charge is -2.12. The Labute approximate surface area is 287 Å². The van der Waals surface area contributed by atoms with Crippen molar-refractivity contribution in [2.45, 2.75) is 0 Å². The second-order valence-electron chi connectivity index (χ2n) is 12.6. The first-order valence-electron chi connectivity index (χ1n) is 16.6. The van der Waals surface area contributed by atoms with Crippen LogP contribution in [0.1, 0.15) is 11.4 Å². The van der Waals surface area contributed by atoms with Crippen molar-refractivity contribution in [3.63, 3.8) is 0 Å². The first-order chi connectivity index (χ1) is 24.7. The van der Waals surface area contributed by atoms with Crippen molar-refractivity contribution in [1.82, 2.24) is 19.4 Å². The molecule has 0 aliphatic heterocycles. The van der Waals surface area contributed by atoms with Gasteiger partial charge in [-0.05, 0) is 64.7 Å². The summed E-state index contributed by atoms with van der Waals surface area (Å²) in [5.41, 5.74) is 12.8. The van der Waals surface area contributed by atoms with Crippen molar-refractivity contribution in [2.24, 2.45) is 0 Å². The maximum Gasteiger partial charge on any atom is 0.182 e. The number of allylic oxidation sites excluding steroid dienone is 4. The van der Waals surface area contributed by atoms with Crippen molar-refractivity contribution in [3.8, 4) is 22.4 Å². The molecule has 0 fully saturated rings. The monoisotopic (exact) mass is 640 g/mol. The summed E-state index contributed by atoms with van der Waals surface area (Å²) in [6, 6.07) is 44.2. The third-order valence-corrected chi connectivity index (χ3v) is 9.79. The molecule has 0 bridgehead atoms. The summed E-state index contributed by atoms with van der Waals surface area (Å²) >= 11 is 0. The van der Waals surface area contributed by atoms with Gasteiger partial charge in [0.15, 0.2) is 17.8 Å². The molecule has 234 valence electrons. The second kappa shape index (κ2) is 10.8. The van der Waals surface area contributed by atoms with E-state index in [4.69, 9.17) is 14.4 Å². The zero-order valence-electron chi connectivity index (χ0n) is 27.0. The molecule has 5 nitrogen and oxygen atoms in total. The lowest BCUT2D eigenvalue weighted by molar-refractivity contribution is 0.605. The average molecular weight is 641 g/mol. The number of nitrogens with zero attached hydrogens (tertiary/aromatic N) is 4. The highest BCUT2D eigenvalue weighted by atomic mass is 16.3. The molecule has 6 aromatic carbocycles. The minimum atomic E-state index is 0.599. The SMILES string of the molecule is C=C/C(=C\C(=C)c1ccc2c(c1)c1cc3ncoc3c3c4ccccc4n2c13)c1nc(-c2cccc(-c3ccccc3)c2)c2ccccc2n1. The zero-order chi connectivity index (χ0) is 33.3. The Morgan fingerprint density at radius 3 is 2.28 bits per heavy atom. The van der Waals surface area contributed by atoms with Crippen LogP contribution in [0.5, 0.6) is 0 Å². The molecule has 4 heterocycles. The lowest BCUT2D eigenvalue weighted by Crippen LogP contribution is -1.98. The third kappa shape index (κ3) is 4.17. The van der Waals surface area contributed by atoms with Gasteiger partial charge in [-0.25, -0.2) is 15.0 Å². The van der Waals surface area contributed by atoms with E-state index < -0.39 is 0 Å². The van der Waals surface area contributed by atoms with Crippen LogP contribution in [0.3, 0.4) is 0 Å². The number of fused-ring (bicyclic) bond motifs is 9. The Hall–Kier alpha value is -6.85. The number of rotatable bonds is 6. The normalized spacial score (nSPS) is 12.3. The number of hydrogen-bond donors (Lipinski definition) is 0. The Morgan fingerprint density at radius 2 is 1.40 bits per heavy atom. The number of hydrogen-bond acceptors (Lipinski definition) is 4. The summed E-state index contributed by atoms with van der Waals surface area (Å²) in [5.74, 6) is 0.599. The van der Waals surface area contributed by atoms with Crippen LogP contribution < -0.4 is 0 Å². The van der Waals surface area contributed by atoms with Crippen molar-refractivity contribution >= 4 is 71.2 Å². The summed E-state index contributed by atoms with van der Waals surface area (Å²) in [5, 5.41) is 5.51. The molecule has 50 heavy (non-hydrogen) atoms. The van der Waals surface area contributed by atoms with E-state index in [1.165, 1.54) is 6.39 Å². The van der Waals surface area contributed by atoms with Crippen molar-refractivity contribution in [2.75, 3.05) is 0 Å². The molecule has 0 atom stereocenters. The molecular formula is C45H28N4O. The van der Waals surface area contributed by atoms with E-state index >= 15 is 0 Å². The Balaban J connectivity index is 1.11.